The first-order valence-electron chi connectivity index (χ1n) is 13.1. The summed E-state index contributed by atoms with van der Waals surface area (Å²) < 4.78 is 13.2. The third kappa shape index (κ3) is 7.41. The topological polar surface area (TPSA) is 167 Å². The molecule has 1 aliphatic carbocycles. The Morgan fingerprint density at radius 3 is 2.58 bits per heavy atom. The molecule has 2 atom stereocenters. The molecule has 0 unspecified atom stereocenters. The standard InChI is InChI=1S/C26H41N7O5/c1-6-17-10-18(11-17)16(2)13-37-15-20(29-24(35)26(3,4)28)23-31-30-22-9-7-8-19(33(22)23)14-38-25(36)32(5)12-21(27)34/h7-9,16-18,20H,6,10-15,28H2,1-5H3,(H2,27,34)(H,29,35)/t16-,17?,18?,20-/m1/s1. The van der Waals surface area contributed by atoms with Gasteiger partial charge >= 0.3 is 6.09 Å². The SMILES string of the molecule is CCC1CC([C@H](C)COC[C@@H](NC(=O)C(C)(C)N)c2nnc3cccc(COC(=O)N(C)CC(N)=O)n23)C1. The number of amides is 3. The van der Waals surface area contributed by atoms with E-state index < -0.39 is 23.6 Å². The second-order valence-corrected chi connectivity index (χ2v) is 10.9. The van der Waals surface area contributed by atoms with Crippen molar-refractivity contribution in [2.45, 2.75) is 65.1 Å². The van der Waals surface area contributed by atoms with Crippen molar-refractivity contribution in [1.82, 2.24) is 24.8 Å². The van der Waals surface area contributed by atoms with Gasteiger partial charge in [-0.2, -0.15) is 0 Å². The highest BCUT2D eigenvalue weighted by Crippen LogP contribution is 2.40. The molecular weight excluding hydrogens is 490 g/mol. The van der Waals surface area contributed by atoms with E-state index in [9.17, 15) is 14.4 Å². The Morgan fingerprint density at radius 2 is 1.95 bits per heavy atom. The first kappa shape index (κ1) is 29.3. The number of fused-ring (bicyclic) bond motifs is 1. The smallest absolute Gasteiger partial charge is 0.410 e. The van der Waals surface area contributed by atoms with Gasteiger partial charge in [-0.05, 0) is 56.6 Å². The number of rotatable bonds is 13. The molecule has 1 aliphatic rings. The van der Waals surface area contributed by atoms with E-state index in [2.05, 4.69) is 29.4 Å². The van der Waals surface area contributed by atoms with Gasteiger partial charge in [0.25, 0.3) is 0 Å². The van der Waals surface area contributed by atoms with E-state index >= 15 is 0 Å². The van der Waals surface area contributed by atoms with Gasteiger partial charge in [-0.25, -0.2) is 4.79 Å². The monoisotopic (exact) mass is 531 g/mol. The van der Waals surface area contributed by atoms with Crippen molar-refractivity contribution < 1.29 is 23.9 Å². The van der Waals surface area contributed by atoms with Crippen molar-refractivity contribution in [3.05, 3.63) is 29.7 Å². The molecular formula is C26H41N7O5. The fourth-order valence-corrected chi connectivity index (χ4v) is 4.53. The number of nitrogens with zero attached hydrogens (tertiary/aromatic N) is 4. The van der Waals surface area contributed by atoms with Crippen molar-refractivity contribution >= 4 is 23.6 Å². The third-order valence-electron chi connectivity index (χ3n) is 7.10. The van der Waals surface area contributed by atoms with Gasteiger partial charge in [-0.15, -0.1) is 10.2 Å². The maximum absolute atomic E-state index is 12.8. The van der Waals surface area contributed by atoms with Gasteiger partial charge < -0.3 is 31.2 Å². The third-order valence-corrected chi connectivity index (χ3v) is 7.10. The number of pyridine rings is 1. The molecule has 1 saturated carbocycles. The molecule has 3 amide bonds. The summed E-state index contributed by atoms with van der Waals surface area (Å²) in [6.07, 6.45) is 2.97. The molecule has 0 radical (unpaired) electrons. The Morgan fingerprint density at radius 1 is 1.24 bits per heavy atom. The van der Waals surface area contributed by atoms with Crippen LogP contribution in [0.15, 0.2) is 18.2 Å². The summed E-state index contributed by atoms with van der Waals surface area (Å²) in [6.45, 7) is 8.02. The summed E-state index contributed by atoms with van der Waals surface area (Å²) in [5.41, 5.74) is 11.2. The molecule has 1 fully saturated rings. The lowest BCUT2D eigenvalue weighted by molar-refractivity contribution is -0.126. The van der Waals surface area contributed by atoms with Gasteiger partial charge in [0.1, 0.15) is 19.2 Å². The number of hydrogen-bond donors (Lipinski definition) is 3. The predicted octanol–water partition coefficient (Wildman–Crippen LogP) is 1.77. The van der Waals surface area contributed by atoms with E-state index in [1.807, 2.05) is 0 Å². The highest BCUT2D eigenvalue weighted by atomic mass is 16.6. The van der Waals surface area contributed by atoms with E-state index in [0.29, 0.717) is 35.6 Å². The van der Waals surface area contributed by atoms with Gasteiger partial charge in [0.15, 0.2) is 11.5 Å². The van der Waals surface area contributed by atoms with Gasteiger partial charge in [0.05, 0.1) is 17.8 Å². The van der Waals surface area contributed by atoms with Gasteiger partial charge in [0, 0.05) is 13.7 Å². The van der Waals surface area contributed by atoms with Crippen LogP contribution >= 0.6 is 0 Å². The largest absolute Gasteiger partial charge is 0.443 e. The molecule has 12 nitrogen and oxygen atoms in total. The van der Waals surface area contributed by atoms with Crippen LogP contribution < -0.4 is 16.8 Å². The van der Waals surface area contributed by atoms with Crippen LogP contribution in [0.4, 0.5) is 4.79 Å². The van der Waals surface area contributed by atoms with Crippen LogP contribution in [0.1, 0.15) is 64.5 Å². The molecule has 2 aromatic heterocycles. The van der Waals surface area contributed by atoms with Crippen molar-refractivity contribution in [3.8, 4) is 0 Å². The molecule has 2 heterocycles. The molecule has 38 heavy (non-hydrogen) atoms. The summed E-state index contributed by atoms with van der Waals surface area (Å²) in [5, 5.41) is 11.5. The first-order valence-corrected chi connectivity index (χ1v) is 13.1. The van der Waals surface area contributed by atoms with Gasteiger partial charge in [-0.3, -0.25) is 14.0 Å². The lowest BCUT2D eigenvalue weighted by Gasteiger charge is -2.38. The fraction of sp³-hybridized carbons (Fsp3) is 0.654. The highest BCUT2D eigenvalue weighted by Gasteiger charge is 2.33. The molecule has 0 spiro atoms. The number of hydrogen-bond acceptors (Lipinski definition) is 8. The van der Waals surface area contributed by atoms with E-state index in [1.54, 1.807) is 36.4 Å². The molecule has 3 rings (SSSR count). The molecule has 2 aromatic rings. The Hall–Kier alpha value is -3.25. The lowest BCUT2D eigenvalue weighted by Crippen LogP contribution is -2.51. The highest BCUT2D eigenvalue weighted by molar-refractivity contribution is 5.85. The normalized spacial score (nSPS) is 18.9. The number of nitrogens with one attached hydrogen (secondary N) is 1. The van der Waals surface area contributed by atoms with Crippen molar-refractivity contribution in [2.24, 2.45) is 29.2 Å². The van der Waals surface area contributed by atoms with E-state index in [0.717, 1.165) is 10.8 Å². The molecule has 210 valence electrons. The van der Waals surface area contributed by atoms with Crippen LogP contribution in [0.2, 0.25) is 0 Å². The molecule has 0 aliphatic heterocycles. The number of carbonyl (C=O) groups excluding carboxylic acids is 3. The predicted molar refractivity (Wildman–Crippen MR) is 141 cm³/mol. The number of primary amides is 1. The van der Waals surface area contributed by atoms with Crippen LogP contribution in [0.5, 0.6) is 0 Å². The number of ether oxygens (including phenoxy) is 2. The maximum Gasteiger partial charge on any atom is 0.410 e. The van der Waals surface area contributed by atoms with E-state index in [1.165, 1.54) is 26.3 Å². The second kappa shape index (κ2) is 12.5. The van der Waals surface area contributed by atoms with Crippen molar-refractivity contribution in [1.29, 1.82) is 0 Å². The maximum atomic E-state index is 12.8. The minimum Gasteiger partial charge on any atom is -0.443 e. The summed E-state index contributed by atoms with van der Waals surface area (Å²) in [6, 6.07) is 4.64. The molecule has 5 N–H and O–H groups in total. The summed E-state index contributed by atoms with van der Waals surface area (Å²) in [7, 11) is 1.42. The summed E-state index contributed by atoms with van der Waals surface area (Å²) in [5.74, 6) is 1.29. The number of likely N-dealkylation sites (N-methyl/N-ethyl adjacent to an activating group) is 1. The van der Waals surface area contributed by atoms with Crippen LogP contribution in [-0.2, 0) is 25.7 Å². The second-order valence-electron chi connectivity index (χ2n) is 10.9. The average Bonchev–Trinajstić information content (AvgIpc) is 3.24. The Balaban J connectivity index is 1.78. The molecule has 12 heteroatoms. The van der Waals surface area contributed by atoms with Gasteiger partial charge in [-0.1, -0.05) is 26.3 Å². The zero-order valence-corrected chi connectivity index (χ0v) is 23.0. The Kier molecular flexibility index (Phi) is 9.66. The quantitative estimate of drug-likeness (QED) is 0.351. The Labute approximate surface area is 223 Å². The lowest BCUT2D eigenvalue weighted by atomic mass is 9.68. The number of nitrogens with two attached hydrogens (primary N) is 2. The molecule has 0 aromatic carbocycles. The van der Waals surface area contributed by atoms with Crippen LogP contribution in [0.3, 0.4) is 0 Å². The minimum absolute atomic E-state index is 0.120. The summed E-state index contributed by atoms with van der Waals surface area (Å²) >= 11 is 0. The zero-order chi connectivity index (χ0) is 28.0. The fourth-order valence-electron chi connectivity index (χ4n) is 4.53. The Bertz CT molecular complexity index is 1120. The first-order chi connectivity index (χ1) is 17.9. The van der Waals surface area contributed by atoms with Gasteiger partial charge in [0.2, 0.25) is 11.8 Å². The zero-order valence-electron chi connectivity index (χ0n) is 23.0. The van der Waals surface area contributed by atoms with Crippen LogP contribution in [0.25, 0.3) is 5.65 Å². The molecule has 0 saturated heterocycles. The van der Waals surface area contributed by atoms with Crippen LogP contribution in [0, 0.1) is 17.8 Å². The van der Waals surface area contributed by atoms with E-state index in [-0.39, 0.29) is 25.7 Å². The summed E-state index contributed by atoms with van der Waals surface area (Å²) in [4.78, 5) is 37.3. The molecule has 0 bridgehead atoms. The number of carbonyl (C=O) groups is 3. The van der Waals surface area contributed by atoms with Crippen LogP contribution in [-0.4, -0.2) is 69.8 Å². The average molecular weight is 532 g/mol. The van der Waals surface area contributed by atoms with Crippen molar-refractivity contribution in [2.75, 3.05) is 26.8 Å². The number of aromatic nitrogens is 3. The van der Waals surface area contributed by atoms with Crippen molar-refractivity contribution in [3.63, 3.8) is 0 Å². The van der Waals surface area contributed by atoms with E-state index in [4.69, 9.17) is 20.9 Å². The minimum atomic E-state index is -1.11.